The van der Waals surface area contributed by atoms with Crippen LogP contribution in [-0.4, -0.2) is 40.1 Å². The van der Waals surface area contributed by atoms with E-state index in [2.05, 4.69) is 25.6 Å². The predicted octanol–water partition coefficient (Wildman–Crippen LogP) is 4.20. The van der Waals surface area contributed by atoms with Crippen LogP contribution in [0.25, 0.3) is 11.7 Å². The molecule has 9 nitrogen and oxygen atoms in total. The molecule has 0 atom stereocenters. The number of hydrogen-bond acceptors (Lipinski definition) is 9. The molecule has 0 bridgehead atoms. The number of rotatable bonds is 7. The van der Waals surface area contributed by atoms with E-state index in [1.54, 1.807) is 0 Å². The number of aryl methyl sites for hydroxylation is 1. The fourth-order valence-corrected chi connectivity index (χ4v) is 5.27. The zero-order chi connectivity index (χ0) is 20.9. The van der Waals surface area contributed by atoms with Gasteiger partial charge in [-0.2, -0.15) is 8.78 Å². The zero-order valence-corrected chi connectivity index (χ0v) is 17.0. The van der Waals surface area contributed by atoms with Crippen LogP contribution in [0, 0.1) is 6.92 Å². The van der Waals surface area contributed by atoms with Crippen molar-refractivity contribution in [2.45, 2.75) is 26.3 Å². The number of nitrogens with zero attached hydrogens (tertiary/aromatic N) is 5. The van der Waals surface area contributed by atoms with Crippen LogP contribution >= 0.6 is 10.8 Å². The number of benzene rings is 1. The summed E-state index contributed by atoms with van der Waals surface area (Å²) < 4.78 is 48.9. The molecule has 4 heterocycles. The molecule has 0 radical (unpaired) electrons. The van der Waals surface area contributed by atoms with Crippen LogP contribution in [0.5, 0.6) is 0 Å². The second-order valence-electron chi connectivity index (χ2n) is 6.98. The predicted molar refractivity (Wildman–Crippen MR) is 105 cm³/mol. The van der Waals surface area contributed by atoms with Crippen molar-refractivity contribution in [2.75, 3.05) is 28.0 Å². The maximum atomic E-state index is 12.6. The third kappa shape index (κ3) is 3.30. The Morgan fingerprint density at radius 2 is 2.03 bits per heavy atom. The molecule has 2 saturated heterocycles. The topological polar surface area (TPSA) is 96.5 Å². The lowest BCUT2D eigenvalue weighted by Gasteiger charge is -2.47. The van der Waals surface area contributed by atoms with Gasteiger partial charge in [0.05, 0.1) is 23.7 Å². The molecule has 3 aromatic rings. The van der Waals surface area contributed by atoms with Crippen LogP contribution in [0.2, 0.25) is 0 Å². The number of aromatic nitrogens is 3. The minimum atomic E-state index is -2.84. The van der Waals surface area contributed by atoms with Crippen molar-refractivity contribution in [1.29, 1.82) is 0 Å². The van der Waals surface area contributed by atoms with Crippen molar-refractivity contribution in [3.8, 4) is 11.7 Å². The van der Waals surface area contributed by atoms with Gasteiger partial charge in [-0.1, -0.05) is 20.8 Å². The van der Waals surface area contributed by atoms with Crippen molar-refractivity contribution in [1.82, 2.24) is 15.2 Å². The van der Waals surface area contributed by atoms with Crippen molar-refractivity contribution in [3.05, 3.63) is 41.9 Å². The third-order valence-electron chi connectivity index (χ3n) is 4.94. The van der Waals surface area contributed by atoms with Crippen LogP contribution < -0.4 is 9.21 Å². The fraction of sp³-hybridized carbons (Fsp3) is 0.389. The molecule has 2 aliphatic heterocycles. The second-order valence-corrected chi connectivity index (χ2v) is 9.39. The normalized spacial score (nSPS) is 19.0. The van der Waals surface area contributed by atoms with Crippen molar-refractivity contribution < 1.29 is 26.3 Å². The van der Waals surface area contributed by atoms with E-state index in [1.807, 2.05) is 36.9 Å². The Hall–Kier alpha value is -2.70. The quantitative estimate of drug-likeness (QED) is 0.396. The highest BCUT2D eigenvalue weighted by molar-refractivity contribution is 8.30. The van der Waals surface area contributed by atoms with Crippen LogP contribution in [0.4, 0.5) is 20.5 Å². The van der Waals surface area contributed by atoms with E-state index in [4.69, 9.17) is 17.5 Å². The van der Waals surface area contributed by atoms with Gasteiger partial charge >= 0.3 is 6.43 Å². The molecule has 2 aromatic heterocycles. The summed E-state index contributed by atoms with van der Waals surface area (Å²) in [5.41, 5.74) is 2.20. The fourth-order valence-electron chi connectivity index (χ4n) is 3.39. The van der Waals surface area contributed by atoms with Gasteiger partial charge in [-0.3, -0.25) is 4.31 Å². The van der Waals surface area contributed by atoms with Crippen LogP contribution in [0.15, 0.2) is 39.3 Å². The second kappa shape index (κ2) is 7.22. The van der Waals surface area contributed by atoms with Gasteiger partial charge in [0, 0.05) is 13.1 Å². The summed E-state index contributed by atoms with van der Waals surface area (Å²) in [6.07, 6.45) is -1.45. The number of alkyl halides is 2. The zero-order valence-electron chi connectivity index (χ0n) is 16.2. The maximum Gasteiger partial charge on any atom is 0.314 e. The molecule has 2 aliphatic rings. The Morgan fingerprint density at radius 1 is 1.23 bits per heavy atom. The minimum absolute atomic E-state index is 0.128. The van der Waals surface area contributed by atoms with Crippen molar-refractivity contribution in [2.24, 2.45) is 0 Å². The van der Waals surface area contributed by atoms with Crippen LogP contribution in [-0.2, 0) is 8.67 Å². The lowest BCUT2D eigenvalue weighted by molar-refractivity contribution is 0.0850. The molecule has 0 aliphatic carbocycles. The maximum absolute atomic E-state index is 12.6. The van der Waals surface area contributed by atoms with Gasteiger partial charge in [-0.05, 0) is 42.3 Å². The Bertz CT molecular complexity index is 1050. The summed E-state index contributed by atoms with van der Waals surface area (Å²) in [7, 11) is -1.74. The summed E-state index contributed by atoms with van der Waals surface area (Å²) in [6, 6.07) is 8.72. The molecule has 0 spiro atoms. The monoisotopic (exact) mass is 439 g/mol. The molecular weight excluding hydrogens is 420 g/mol. The molecule has 0 amide bonds. The summed E-state index contributed by atoms with van der Waals surface area (Å²) in [5.74, 6) is 0.0205. The Balaban J connectivity index is 1.32. The van der Waals surface area contributed by atoms with E-state index in [0.717, 1.165) is 17.0 Å². The van der Waals surface area contributed by atoms with Gasteiger partial charge in [-0.15, -0.1) is 10.2 Å². The standard InChI is InChI=1S/C18H19F2N5O4S/c1-3-30(28-29-30)25(12-6-4-5-11(2)7-12)13-9-24(10-13)18-21-8-14(26-18)16-22-23-17(27-16)15(19)20/h4-8,13,15H,3,9-10H2,1-2H3. The molecule has 160 valence electrons. The van der Waals surface area contributed by atoms with E-state index in [0.29, 0.717) is 19.1 Å². The lowest BCUT2D eigenvalue weighted by Crippen LogP contribution is -2.59. The summed E-state index contributed by atoms with van der Waals surface area (Å²) >= 11 is 0. The molecule has 0 N–H and O–H groups in total. The number of halogens is 2. The molecule has 0 saturated carbocycles. The molecule has 30 heavy (non-hydrogen) atoms. The Kier molecular flexibility index (Phi) is 4.64. The summed E-state index contributed by atoms with van der Waals surface area (Å²) in [4.78, 5) is 6.15. The van der Waals surface area contributed by atoms with Gasteiger partial charge in [0.25, 0.3) is 17.8 Å². The Morgan fingerprint density at radius 3 is 2.67 bits per heavy atom. The summed E-state index contributed by atoms with van der Waals surface area (Å²) in [6.45, 7) is 5.37. The van der Waals surface area contributed by atoms with E-state index >= 15 is 0 Å². The van der Waals surface area contributed by atoms with E-state index in [1.165, 1.54) is 6.20 Å². The van der Waals surface area contributed by atoms with Crippen LogP contribution in [0.3, 0.4) is 0 Å². The smallest absolute Gasteiger partial charge is 0.314 e. The Labute approximate surface area is 172 Å². The average Bonchev–Trinajstić information content (AvgIpc) is 3.10. The third-order valence-corrected chi connectivity index (χ3v) is 7.23. The van der Waals surface area contributed by atoms with Gasteiger partial charge < -0.3 is 13.7 Å². The first-order valence-electron chi connectivity index (χ1n) is 9.36. The lowest BCUT2D eigenvalue weighted by atomic mass is 10.1. The van der Waals surface area contributed by atoms with Crippen molar-refractivity contribution in [3.63, 3.8) is 0 Å². The average molecular weight is 439 g/mol. The molecule has 12 heteroatoms. The van der Waals surface area contributed by atoms with Gasteiger partial charge in [0.1, 0.15) is 0 Å². The van der Waals surface area contributed by atoms with E-state index < -0.39 is 23.1 Å². The highest BCUT2D eigenvalue weighted by atomic mass is 32.3. The highest BCUT2D eigenvalue weighted by Crippen LogP contribution is 2.69. The first kappa shape index (κ1) is 19.3. The molecular formula is C18H19F2N5O4S. The number of anilines is 2. The first-order valence-corrected chi connectivity index (χ1v) is 11.0. The van der Waals surface area contributed by atoms with Gasteiger partial charge in [-0.25, -0.2) is 4.98 Å². The number of oxazole rings is 1. The summed E-state index contributed by atoms with van der Waals surface area (Å²) in [5, 5.41) is 6.88. The number of hydrogen-bond donors (Lipinski definition) is 0. The first-order chi connectivity index (χ1) is 14.5. The molecule has 2 fully saturated rings. The van der Waals surface area contributed by atoms with E-state index in [9.17, 15) is 8.78 Å². The highest BCUT2D eigenvalue weighted by Gasteiger charge is 2.50. The van der Waals surface area contributed by atoms with Gasteiger partial charge in [0.2, 0.25) is 5.76 Å². The molecule has 1 aromatic carbocycles. The molecule has 5 rings (SSSR count). The van der Waals surface area contributed by atoms with Crippen molar-refractivity contribution >= 4 is 22.5 Å². The molecule has 0 unspecified atom stereocenters. The minimum Gasteiger partial charge on any atom is -0.418 e. The van der Waals surface area contributed by atoms with E-state index in [-0.39, 0.29) is 17.7 Å². The largest absolute Gasteiger partial charge is 0.418 e. The van der Waals surface area contributed by atoms with Gasteiger partial charge in [0.15, 0.2) is 0 Å². The SMILES string of the molecule is CCS1(N(c2cccc(C)c2)C2CN(c3ncc(-c4nnc(C(F)F)o4)o3)C2)OO1. The van der Waals surface area contributed by atoms with Crippen LogP contribution in [0.1, 0.15) is 24.8 Å².